The molecule has 19 heavy (non-hydrogen) atoms. The number of hydrogen-bond acceptors (Lipinski definition) is 3. The maximum Gasteiger partial charge on any atom is 0.199 e. The van der Waals surface area contributed by atoms with Gasteiger partial charge < -0.3 is 9.84 Å². The molecule has 0 unspecified atom stereocenters. The molecular formula is C14H10Cl2O3. The normalized spacial score (nSPS) is 10.3. The summed E-state index contributed by atoms with van der Waals surface area (Å²) in [5.41, 5.74) is 0.294. The Bertz CT molecular complexity index is 618. The van der Waals surface area contributed by atoms with Gasteiger partial charge in [0.1, 0.15) is 11.5 Å². The number of ether oxygens (including phenoxy) is 1. The lowest BCUT2D eigenvalue weighted by atomic mass is 10.0. The van der Waals surface area contributed by atoms with Gasteiger partial charge in [0, 0.05) is 6.07 Å². The Hall–Kier alpha value is -1.71. The Labute approximate surface area is 120 Å². The van der Waals surface area contributed by atoms with E-state index in [0.717, 1.165) is 0 Å². The van der Waals surface area contributed by atoms with Gasteiger partial charge in [-0.2, -0.15) is 0 Å². The number of rotatable bonds is 3. The van der Waals surface area contributed by atoms with Crippen LogP contribution in [-0.4, -0.2) is 18.0 Å². The summed E-state index contributed by atoms with van der Waals surface area (Å²) in [6.45, 7) is 0. The van der Waals surface area contributed by atoms with Crippen LogP contribution in [0.4, 0.5) is 0 Å². The Morgan fingerprint density at radius 1 is 1.16 bits per heavy atom. The van der Waals surface area contributed by atoms with Gasteiger partial charge in [0.25, 0.3) is 0 Å². The lowest BCUT2D eigenvalue weighted by Crippen LogP contribution is -2.03. The van der Waals surface area contributed by atoms with Crippen LogP contribution in [0.1, 0.15) is 15.9 Å². The van der Waals surface area contributed by atoms with E-state index in [1.165, 1.54) is 19.2 Å². The van der Waals surface area contributed by atoms with Crippen molar-refractivity contribution in [1.29, 1.82) is 0 Å². The van der Waals surface area contributed by atoms with Crippen molar-refractivity contribution in [2.45, 2.75) is 0 Å². The number of ketones is 1. The number of carbonyl (C=O) groups is 1. The van der Waals surface area contributed by atoms with Gasteiger partial charge in [-0.05, 0) is 24.3 Å². The van der Waals surface area contributed by atoms with E-state index in [-0.39, 0.29) is 26.9 Å². The summed E-state index contributed by atoms with van der Waals surface area (Å²) in [6, 6.07) is 9.20. The zero-order valence-electron chi connectivity index (χ0n) is 9.98. The predicted molar refractivity (Wildman–Crippen MR) is 74.6 cm³/mol. The van der Waals surface area contributed by atoms with Gasteiger partial charge in [-0.1, -0.05) is 29.3 Å². The van der Waals surface area contributed by atoms with E-state index in [9.17, 15) is 9.90 Å². The first-order valence-electron chi connectivity index (χ1n) is 5.40. The van der Waals surface area contributed by atoms with Crippen LogP contribution in [0.2, 0.25) is 10.0 Å². The summed E-state index contributed by atoms with van der Waals surface area (Å²) >= 11 is 11.9. The van der Waals surface area contributed by atoms with Crippen molar-refractivity contribution in [3.8, 4) is 11.5 Å². The Morgan fingerprint density at radius 3 is 2.32 bits per heavy atom. The average molecular weight is 297 g/mol. The molecule has 0 aliphatic heterocycles. The van der Waals surface area contributed by atoms with Crippen molar-refractivity contribution < 1.29 is 14.6 Å². The first-order valence-corrected chi connectivity index (χ1v) is 6.16. The van der Waals surface area contributed by atoms with Crippen molar-refractivity contribution in [1.82, 2.24) is 0 Å². The topological polar surface area (TPSA) is 46.5 Å². The van der Waals surface area contributed by atoms with Crippen LogP contribution in [0.15, 0.2) is 36.4 Å². The van der Waals surface area contributed by atoms with Crippen LogP contribution in [-0.2, 0) is 0 Å². The van der Waals surface area contributed by atoms with Crippen LogP contribution >= 0.6 is 23.2 Å². The summed E-state index contributed by atoms with van der Waals surface area (Å²) in [6.07, 6.45) is 0. The van der Waals surface area contributed by atoms with E-state index in [1.807, 2.05) is 0 Å². The first-order chi connectivity index (χ1) is 9.04. The Balaban J connectivity index is 2.51. The molecule has 2 rings (SSSR count). The van der Waals surface area contributed by atoms with E-state index in [0.29, 0.717) is 5.75 Å². The van der Waals surface area contributed by atoms with Crippen LogP contribution in [0.3, 0.4) is 0 Å². The monoisotopic (exact) mass is 296 g/mol. The van der Waals surface area contributed by atoms with E-state index < -0.39 is 5.78 Å². The summed E-state index contributed by atoms with van der Waals surface area (Å²) in [5, 5.41) is 10.3. The maximum absolute atomic E-state index is 12.3. The van der Waals surface area contributed by atoms with Gasteiger partial charge in [-0.15, -0.1) is 0 Å². The number of hydrogen-bond donors (Lipinski definition) is 1. The SMILES string of the molecule is COc1ccc(C(=O)c2c(Cl)cccc2Cl)c(O)c1. The van der Waals surface area contributed by atoms with Crippen molar-refractivity contribution in [2.24, 2.45) is 0 Å². The molecule has 98 valence electrons. The molecule has 0 heterocycles. The predicted octanol–water partition coefficient (Wildman–Crippen LogP) is 3.94. The molecule has 2 aromatic rings. The minimum Gasteiger partial charge on any atom is -0.507 e. The largest absolute Gasteiger partial charge is 0.507 e. The number of phenols is 1. The molecule has 2 aromatic carbocycles. The fourth-order valence-corrected chi connectivity index (χ4v) is 2.25. The highest BCUT2D eigenvalue weighted by Gasteiger charge is 2.19. The molecule has 1 N–H and O–H groups in total. The lowest BCUT2D eigenvalue weighted by Gasteiger charge is -2.08. The van der Waals surface area contributed by atoms with E-state index >= 15 is 0 Å². The highest BCUT2D eigenvalue weighted by atomic mass is 35.5. The van der Waals surface area contributed by atoms with Crippen LogP contribution in [0.25, 0.3) is 0 Å². The van der Waals surface area contributed by atoms with Gasteiger partial charge in [-0.25, -0.2) is 0 Å². The molecule has 0 radical (unpaired) electrons. The maximum atomic E-state index is 12.3. The number of methoxy groups -OCH3 is 1. The Kier molecular flexibility index (Phi) is 3.98. The van der Waals surface area contributed by atoms with Crippen molar-refractivity contribution in [2.75, 3.05) is 7.11 Å². The number of aromatic hydroxyl groups is 1. The van der Waals surface area contributed by atoms with Crippen LogP contribution < -0.4 is 4.74 Å². The van der Waals surface area contributed by atoms with Crippen LogP contribution in [0, 0.1) is 0 Å². The number of phenolic OH excluding ortho intramolecular Hbond substituents is 1. The second-order valence-electron chi connectivity index (χ2n) is 3.81. The third kappa shape index (κ3) is 2.67. The minimum atomic E-state index is -0.434. The molecule has 0 amide bonds. The average Bonchev–Trinajstić information content (AvgIpc) is 2.38. The molecule has 0 aromatic heterocycles. The summed E-state index contributed by atoms with van der Waals surface area (Å²) in [5.74, 6) is -0.157. The van der Waals surface area contributed by atoms with E-state index in [4.69, 9.17) is 27.9 Å². The van der Waals surface area contributed by atoms with Crippen molar-refractivity contribution >= 4 is 29.0 Å². The summed E-state index contributed by atoms with van der Waals surface area (Å²) in [7, 11) is 1.47. The molecule has 0 fully saturated rings. The molecule has 0 aliphatic rings. The Morgan fingerprint density at radius 2 is 1.79 bits per heavy atom. The standard InChI is InChI=1S/C14H10Cl2O3/c1-19-8-5-6-9(12(17)7-8)14(18)13-10(15)3-2-4-11(13)16/h2-7,17H,1H3. The van der Waals surface area contributed by atoms with Gasteiger partial charge in [-0.3, -0.25) is 4.79 Å². The summed E-state index contributed by atoms with van der Waals surface area (Å²) < 4.78 is 4.96. The highest BCUT2D eigenvalue weighted by Crippen LogP contribution is 2.31. The summed E-state index contributed by atoms with van der Waals surface area (Å²) in [4.78, 5) is 12.3. The van der Waals surface area contributed by atoms with Crippen molar-refractivity contribution in [3.05, 3.63) is 57.6 Å². The minimum absolute atomic E-state index is 0.121. The third-order valence-electron chi connectivity index (χ3n) is 2.64. The molecule has 0 bridgehead atoms. The number of benzene rings is 2. The molecule has 0 spiro atoms. The van der Waals surface area contributed by atoms with Gasteiger partial charge in [0.05, 0.1) is 28.3 Å². The molecule has 5 heteroatoms. The fourth-order valence-electron chi connectivity index (χ4n) is 1.68. The molecule has 0 saturated heterocycles. The van der Waals surface area contributed by atoms with Crippen molar-refractivity contribution in [3.63, 3.8) is 0 Å². The second kappa shape index (κ2) is 5.51. The van der Waals surface area contributed by atoms with Crippen LogP contribution in [0.5, 0.6) is 11.5 Å². The lowest BCUT2D eigenvalue weighted by molar-refractivity contribution is 0.103. The molecule has 0 atom stereocenters. The quantitative estimate of drug-likeness (QED) is 0.873. The zero-order valence-corrected chi connectivity index (χ0v) is 11.5. The first kappa shape index (κ1) is 13.7. The number of halogens is 2. The van der Waals surface area contributed by atoms with E-state index in [1.54, 1.807) is 24.3 Å². The molecule has 0 aliphatic carbocycles. The molecule has 3 nitrogen and oxygen atoms in total. The van der Waals surface area contributed by atoms with Gasteiger partial charge in [0.15, 0.2) is 5.78 Å². The van der Waals surface area contributed by atoms with E-state index in [2.05, 4.69) is 0 Å². The second-order valence-corrected chi connectivity index (χ2v) is 4.62. The zero-order chi connectivity index (χ0) is 14.0. The molecular weight excluding hydrogens is 287 g/mol. The van der Waals surface area contributed by atoms with Gasteiger partial charge >= 0.3 is 0 Å². The molecule has 0 saturated carbocycles. The number of carbonyl (C=O) groups excluding carboxylic acids is 1. The van der Waals surface area contributed by atoms with Gasteiger partial charge in [0.2, 0.25) is 0 Å². The fraction of sp³-hybridized carbons (Fsp3) is 0.0714. The smallest absolute Gasteiger partial charge is 0.199 e. The highest BCUT2D eigenvalue weighted by molar-refractivity contribution is 6.41. The third-order valence-corrected chi connectivity index (χ3v) is 3.27.